The number of benzene rings is 2. The Morgan fingerprint density at radius 1 is 1.09 bits per heavy atom. The Morgan fingerprint density at radius 2 is 1.91 bits per heavy atom. The van der Waals surface area contributed by atoms with E-state index in [4.69, 9.17) is 9.47 Å². The quantitative estimate of drug-likeness (QED) is 0.276. The summed E-state index contributed by atoms with van der Waals surface area (Å²) in [6.45, 7) is 7.05. The molecule has 0 aliphatic carbocycles. The SMILES string of the molecule is CCOC(=O)CCCCCOc1cccc(C(=O)NCCc2c(C)[nH]c3c(F)ccc(C)c23)c1. The Balaban J connectivity index is 1.47. The van der Waals surface area contributed by atoms with E-state index in [0.717, 1.165) is 41.5 Å². The summed E-state index contributed by atoms with van der Waals surface area (Å²) in [5.74, 6) is 0.0241. The van der Waals surface area contributed by atoms with Crippen molar-refractivity contribution in [3.63, 3.8) is 0 Å². The van der Waals surface area contributed by atoms with E-state index in [2.05, 4.69) is 10.3 Å². The predicted octanol–water partition coefficient (Wildman–Crippen LogP) is 5.40. The number of amides is 1. The van der Waals surface area contributed by atoms with Crippen LogP contribution < -0.4 is 10.1 Å². The van der Waals surface area contributed by atoms with E-state index >= 15 is 0 Å². The molecule has 1 aromatic heterocycles. The van der Waals surface area contributed by atoms with Crippen molar-refractivity contribution in [2.45, 2.75) is 52.9 Å². The third-order valence-corrected chi connectivity index (χ3v) is 5.79. The van der Waals surface area contributed by atoms with Gasteiger partial charge in [0, 0.05) is 29.6 Å². The Morgan fingerprint density at radius 3 is 2.71 bits per heavy atom. The van der Waals surface area contributed by atoms with Gasteiger partial charge < -0.3 is 19.8 Å². The number of aromatic amines is 1. The van der Waals surface area contributed by atoms with Crippen molar-refractivity contribution >= 4 is 22.8 Å². The van der Waals surface area contributed by atoms with Crippen LogP contribution in [0, 0.1) is 19.7 Å². The molecule has 0 aliphatic rings. The second kappa shape index (κ2) is 12.2. The Hall–Kier alpha value is -3.35. The normalized spacial score (nSPS) is 10.9. The number of ether oxygens (including phenoxy) is 2. The highest BCUT2D eigenvalue weighted by Gasteiger charge is 2.14. The van der Waals surface area contributed by atoms with Gasteiger partial charge in [-0.15, -0.1) is 0 Å². The molecule has 0 fully saturated rings. The van der Waals surface area contributed by atoms with Gasteiger partial charge in [0.05, 0.1) is 18.7 Å². The maximum atomic E-state index is 14.1. The van der Waals surface area contributed by atoms with E-state index in [9.17, 15) is 14.0 Å². The van der Waals surface area contributed by atoms with Crippen LogP contribution in [0.3, 0.4) is 0 Å². The van der Waals surface area contributed by atoms with Gasteiger partial charge in [-0.25, -0.2) is 4.39 Å². The topological polar surface area (TPSA) is 80.4 Å². The summed E-state index contributed by atoms with van der Waals surface area (Å²) in [4.78, 5) is 27.1. The van der Waals surface area contributed by atoms with Crippen molar-refractivity contribution in [2.24, 2.45) is 0 Å². The summed E-state index contributed by atoms with van der Waals surface area (Å²) < 4.78 is 24.8. The molecule has 0 saturated heterocycles. The van der Waals surface area contributed by atoms with Crippen LogP contribution in [-0.4, -0.2) is 36.6 Å². The zero-order valence-corrected chi connectivity index (χ0v) is 20.1. The van der Waals surface area contributed by atoms with Crippen molar-refractivity contribution in [1.82, 2.24) is 10.3 Å². The molecule has 0 spiro atoms. The molecule has 182 valence electrons. The van der Waals surface area contributed by atoms with Gasteiger partial charge in [0.25, 0.3) is 5.91 Å². The second-order valence-electron chi connectivity index (χ2n) is 8.34. The molecule has 3 aromatic rings. The number of H-pyrrole nitrogens is 1. The van der Waals surface area contributed by atoms with Crippen LogP contribution >= 0.6 is 0 Å². The van der Waals surface area contributed by atoms with Crippen LogP contribution in [0.25, 0.3) is 10.9 Å². The predicted molar refractivity (Wildman–Crippen MR) is 131 cm³/mol. The fraction of sp³-hybridized carbons (Fsp3) is 0.407. The maximum absolute atomic E-state index is 14.1. The lowest BCUT2D eigenvalue weighted by atomic mass is 10.0. The first-order chi connectivity index (χ1) is 16.4. The highest BCUT2D eigenvalue weighted by Crippen LogP contribution is 2.27. The lowest BCUT2D eigenvalue weighted by Crippen LogP contribution is -2.25. The molecule has 2 N–H and O–H groups in total. The maximum Gasteiger partial charge on any atom is 0.305 e. The number of carbonyl (C=O) groups is 2. The van der Waals surface area contributed by atoms with Crippen LogP contribution in [0.1, 0.15) is 59.8 Å². The number of unbranched alkanes of at least 4 members (excludes halogenated alkanes) is 2. The van der Waals surface area contributed by atoms with Crippen LogP contribution in [-0.2, 0) is 16.0 Å². The van der Waals surface area contributed by atoms with E-state index in [1.165, 1.54) is 6.07 Å². The first kappa shape index (κ1) is 25.3. The molecule has 6 nitrogen and oxygen atoms in total. The highest BCUT2D eigenvalue weighted by atomic mass is 19.1. The van der Waals surface area contributed by atoms with E-state index in [0.29, 0.717) is 49.4 Å². The third kappa shape index (κ3) is 6.59. The number of esters is 1. The highest BCUT2D eigenvalue weighted by molar-refractivity contribution is 5.94. The molecule has 1 heterocycles. The van der Waals surface area contributed by atoms with Gasteiger partial charge in [0.15, 0.2) is 0 Å². The third-order valence-electron chi connectivity index (χ3n) is 5.79. The Labute approximate surface area is 199 Å². The molecule has 34 heavy (non-hydrogen) atoms. The number of hydrogen-bond acceptors (Lipinski definition) is 4. The molecule has 7 heteroatoms. The van der Waals surface area contributed by atoms with Crippen LogP contribution in [0.5, 0.6) is 5.75 Å². The lowest BCUT2D eigenvalue weighted by Gasteiger charge is -2.09. The largest absolute Gasteiger partial charge is 0.494 e. The van der Waals surface area contributed by atoms with Crippen LogP contribution in [0.4, 0.5) is 4.39 Å². The van der Waals surface area contributed by atoms with Gasteiger partial charge in [0.1, 0.15) is 11.6 Å². The smallest absolute Gasteiger partial charge is 0.305 e. The van der Waals surface area contributed by atoms with Gasteiger partial charge >= 0.3 is 5.97 Å². The second-order valence-corrected chi connectivity index (χ2v) is 8.34. The molecule has 3 rings (SSSR count). The fourth-order valence-electron chi connectivity index (χ4n) is 4.06. The minimum Gasteiger partial charge on any atom is -0.494 e. The van der Waals surface area contributed by atoms with E-state index in [-0.39, 0.29) is 17.7 Å². The summed E-state index contributed by atoms with van der Waals surface area (Å²) in [6.07, 6.45) is 3.49. The molecule has 2 aromatic carbocycles. The molecule has 1 amide bonds. The number of hydrogen-bond donors (Lipinski definition) is 2. The monoisotopic (exact) mass is 468 g/mol. The van der Waals surface area contributed by atoms with E-state index < -0.39 is 0 Å². The molecular formula is C27H33FN2O4. The van der Waals surface area contributed by atoms with Gasteiger partial charge in [0.2, 0.25) is 0 Å². The summed E-state index contributed by atoms with van der Waals surface area (Å²) in [7, 11) is 0. The van der Waals surface area contributed by atoms with Crippen molar-refractivity contribution in [1.29, 1.82) is 0 Å². The average Bonchev–Trinajstić information content (AvgIpc) is 3.16. The number of rotatable bonds is 12. The van der Waals surface area contributed by atoms with Gasteiger partial charge in [-0.3, -0.25) is 9.59 Å². The minimum atomic E-state index is -0.269. The summed E-state index contributed by atoms with van der Waals surface area (Å²) in [5, 5.41) is 3.84. The molecule has 0 bridgehead atoms. The molecule has 0 saturated carbocycles. The molecule has 0 unspecified atom stereocenters. The first-order valence-corrected chi connectivity index (χ1v) is 11.8. The zero-order chi connectivity index (χ0) is 24.5. The van der Waals surface area contributed by atoms with Crippen molar-refractivity contribution in [3.8, 4) is 5.75 Å². The van der Waals surface area contributed by atoms with Crippen molar-refractivity contribution in [3.05, 3.63) is 64.6 Å². The average molecular weight is 469 g/mol. The lowest BCUT2D eigenvalue weighted by molar-refractivity contribution is -0.143. The van der Waals surface area contributed by atoms with E-state index in [1.807, 2.05) is 19.9 Å². The molecular weight excluding hydrogens is 435 g/mol. The van der Waals surface area contributed by atoms with Crippen molar-refractivity contribution in [2.75, 3.05) is 19.8 Å². The summed E-state index contributed by atoms with van der Waals surface area (Å²) >= 11 is 0. The van der Waals surface area contributed by atoms with Gasteiger partial charge in [-0.1, -0.05) is 12.1 Å². The van der Waals surface area contributed by atoms with Crippen LogP contribution in [0.15, 0.2) is 36.4 Å². The number of fused-ring (bicyclic) bond motifs is 1. The summed E-state index contributed by atoms with van der Waals surface area (Å²) in [6, 6.07) is 10.3. The Bertz CT molecular complexity index is 1140. The first-order valence-electron chi connectivity index (χ1n) is 11.8. The molecule has 0 aliphatic heterocycles. The number of aromatic nitrogens is 1. The molecule has 0 atom stereocenters. The summed E-state index contributed by atoms with van der Waals surface area (Å²) in [5.41, 5.74) is 3.98. The number of nitrogens with one attached hydrogen (secondary N) is 2. The van der Waals surface area contributed by atoms with Gasteiger partial charge in [-0.2, -0.15) is 0 Å². The number of aryl methyl sites for hydroxylation is 2. The minimum absolute atomic E-state index is 0.163. The van der Waals surface area contributed by atoms with E-state index in [1.54, 1.807) is 31.2 Å². The zero-order valence-electron chi connectivity index (χ0n) is 20.1. The standard InChI is InChI=1S/C27H33FN2O4/c1-4-33-24(31)11-6-5-7-16-34-21-10-8-9-20(17-21)27(32)29-15-14-22-19(3)30-26-23(28)13-12-18(2)25(22)26/h8-10,12-13,17,30H,4-7,11,14-16H2,1-3H3,(H,29,32). The molecule has 0 radical (unpaired) electrons. The number of halogens is 1. The Kier molecular flexibility index (Phi) is 9.08. The number of carbonyl (C=O) groups excluding carboxylic acids is 2. The fourth-order valence-corrected chi connectivity index (χ4v) is 4.06. The van der Waals surface area contributed by atoms with Crippen molar-refractivity contribution < 1.29 is 23.5 Å². The van der Waals surface area contributed by atoms with Gasteiger partial charge in [-0.05, 0) is 81.8 Å². The van der Waals surface area contributed by atoms with Crippen LogP contribution in [0.2, 0.25) is 0 Å².